The number of piperazine rings is 1. The van der Waals surface area contributed by atoms with Gasteiger partial charge in [-0.25, -0.2) is 0 Å². The molecule has 1 fully saturated rings. The zero-order chi connectivity index (χ0) is 24.5. The Balaban J connectivity index is 1.25. The van der Waals surface area contributed by atoms with E-state index >= 15 is 0 Å². The molecule has 1 aliphatic rings. The molecule has 7 heteroatoms. The molecule has 0 spiro atoms. The fourth-order valence-corrected chi connectivity index (χ4v) is 4.15. The summed E-state index contributed by atoms with van der Waals surface area (Å²) in [6.07, 6.45) is 3.00. The second kappa shape index (κ2) is 12.1. The number of hydrogen-bond donors (Lipinski definition) is 0. The van der Waals surface area contributed by atoms with Gasteiger partial charge in [-0.05, 0) is 22.8 Å². The molecule has 0 unspecified atom stereocenters. The van der Waals surface area contributed by atoms with E-state index in [4.69, 9.17) is 4.74 Å². The molecule has 0 radical (unpaired) electrons. The predicted octanol–water partition coefficient (Wildman–Crippen LogP) is 4.56. The lowest BCUT2D eigenvalue weighted by molar-refractivity contribution is -0.384. The van der Waals surface area contributed by atoms with Crippen LogP contribution in [-0.2, 0) is 9.53 Å². The number of nitro benzene ring substituents is 1. The quantitative estimate of drug-likeness (QED) is 0.260. The number of benzene rings is 3. The molecule has 3 aromatic rings. The van der Waals surface area contributed by atoms with E-state index in [0.29, 0.717) is 25.3 Å². The van der Waals surface area contributed by atoms with Gasteiger partial charge in [-0.2, -0.15) is 0 Å². The summed E-state index contributed by atoms with van der Waals surface area (Å²) >= 11 is 0. The van der Waals surface area contributed by atoms with Crippen LogP contribution in [-0.4, -0.2) is 60.0 Å². The summed E-state index contributed by atoms with van der Waals surface area (Å²) in [6.45, 7) is 4.22. The number of rotatable bonds is 9. The number of non-ortho nitro benzene ring substituents is 1. The summed E-state index contributed by atoms with van der Waals surface area (Å²) in [4.78, 5) is 27.2. The third-order valence-electron chi connectivity index (χ3n) is 6.08. The Kier molecular flexibility index (Phi) is 8.38. The number of ether oxygens (including phenoxy) is 1. The number of carbonyl (C=O) groups excluding carboxylic acids is 1. The van der Waals surface area contributed by atoms with Crippen LogP contribution < -0.4 is 0 Å². The van der Waals surface area contributed by atoms with Crippen LogP contribution in [0.3, 0.4) is 0 Å². The second-order valence-corrected chi connectivity index (χ2v) is 8.42. The van der Waals surface area contributed by atoms with Crippen molar-refractivity contribution in [2.45, 2.75) is 6.10 Å². The molecule has 1 saturated heterocycles. The summed E-state index contributed by atoms with van der Waals surface area (Å²) in [5.41, 5.74) is 2.90. The highest BCUT2D eigenvalue weighted by Gasteiger charge is 2.20. The molecule has 1 aliphatic heterocycles. The number of hydrogen-bond acceptors (Lipinski definition) is 5. The zero-order valence-corrected chi connectivity index (χ0v) is 19.5. The van der Waals surface area contributed by atoms with Gasteiger partial charge < -0.3 is 9.64 Å². The molecule has 3 aromatic carbocycles. The van der Waals surface area contributed by atoms with Gasteiger partial charge in [-0.3, -0.25) is 19.8 Å². The highest BCUT2D eigenvalue weighted by Crippen LogP contribution is 2.25. The van der Waals surface area contributed by atoms with E-state index in [1.165, 1.54) is 18.2 Å². The fraction of sp³-hybridized carbons (Fsp3) is 0.250. The van der Waals surface area contributed by atoms with Gasteiger partial charge in [0, 0.05) is 50.9 Å². The van der Waals surface area contributed by atoms with E-state index in [9.17, 15) is 14.9 Å². The van der Waals surface area contributed by atoms with Crippen LogP contribution in [0.15, 0.2) is 91.0 Å². The molecule has 0 saturated carbocycles. The molecule has 7 nitrogen and oxygen atoms in total. The first kappa shape index (κ1) is 24.3. The Hall–Kier alpha value is -3.81. The van der Waals surface area contributed by atoms with Crippen LogP contribution in [0.25, 0.3) is 6.08 Å². The van der Waals surface area contributed by atoms with E-state index in [2.05, 4.69) is 29.2 Å². The normalized spacial score (nSPS) is 14.5. The number of amides is 1. The lowest BCUT2D eigenvalue weighted by Crippen LogP contribution is -2.49. The average molecular weight is 472 g/mol. The van der Waals surface area contributed by atoms with Crippen molar-refractivity contribution in [3.05, 3.63) is 118 Å². The Labute approximate surface area is 205 Å². The van der Waals surface area contributed by atoms with Gasteiger partial charge >= 0.3 is 0 Å². The zero-order valence-electron chi connectivity index (χ0n) is 19.5. The molecule has 1 heterocycles. The number of carbonyl (C=O) groups is 1. The minimum atomic E-state index is -0.440. The highest BCUT2D eigenvalue weighted by atomic mass is 16.6. The Bertz CT molecular complexity index is 1100. The minimum Gasteiger partial charge on any atom is -0.367 e. The van der Waals surface area contributed by atoms with E-state index in [1.54, 1.807) is 18.2 Å². The van der Waals surface area contributed by atoms with E-state index in [1.807, 2.05) is 41.3 Å². The molecule has 1 amide bonds. The Morgan fingerprint density at radius 3 is 2.14 bits per heavy atom. The number of nitro groups is 1. The third-order valence-corrected chi connectivity index (χ3v) is 6.08. The summed E-state index contributed by atoms with van der Waals surface area (Å²) < 4.78 is 6.32. The summed E-state index contributed by atoms with van der Waals surface area (Å²) in [6, 6.07) is 26.7. The SMILES string of the molecule is O=C(C=Cc1cccc([N+](=O)[O-])c1)N1CCN(CCOC(c2ccccc2)c2ccccc2)CC1. The van der Waals surface area contributed by atoms with Crippen LogP contribution in [0.1, 0.15) is 22.8 Å². The van der Waals surface area contributed by atoms with Gasteiger partial charge in [-0.1, -0.05) is 72.8 Å². The van der Waals surface area contributed by atoms with Crippen LogP contribution in [0, 0.1) is 10.1 Å². The van der Waals surface area contributed by atoms with Crippen LogP contribution >= 0.6 is 0 Å². The molecule has 0 N–H and O–H groups in total. The van der Waals surface area contributed by atoms with Gasteiger partial charge in [0.05, 0.1) is 11.5 Å². The second-order valence-electron chi connectivity index (χ2n) is 8.42. The van der Waals surface area contributed by atoms with Gasteiger partial charge in [0.25, 0.3) is 5.69 Å². The molecule has 35 heavy (non-hydrogen) atoms. The van der Waals surface area contributed by atoms with Crippen molar-refractivity contribution >= 4 is 17.7 Å². The minimum absolute atomic E-state index is 0.0113. The van der Waals surface area contributed by atoms with Gasteiger partial charge in [0.15, 0.2) is 0 Å². The molecular formula is C28H29N3O4. The molecule has 0 aromatic heterocycles. The van der Waals surface area contributed by atoms with Crippen LogP contribution in [0.2, 0.25) is 0 Å². The maximum absolute atomic E-state index is 12.6. The van der Waals surface area contributed by atoms with Crippen LogP contribution in [0.5, 0.6) is 0 Å². The van der Waals surface area contributed by atoms with Crippen molar-refractivity contribution in [3.63, 3.8) is 0 Å². The standard InChI is InChI=1S/C28H29N3O4/c32-27(15-14-23-8-7-13-26(22-23)31(33)34)30-18-16-29(17-19-30)20-21-35-28(24-9-3-1-4-10-24)25-11-5-2-6-12-25/h1-15,22,28H,16-21H2. The predicted molar refractivity (Wildman–Crippen MR) is 136 cm³/mol. The topological polar surface area (TPSA) is 75.9 Å². The summed E-state index contributed by atoms with van der Waals surface area (Å²) in [7, 11) is 0. The molecule has 0 bridgehead atoms. The largest absolute Gasteiger partial charge is 0.367 e. The van der Waals surface area contributed by atoms with E-state index < -0.39 is 4.92 Å². The average Bonchev–Trinajstić information content (AvgIpc) is 2.91. The highest BCUT2D eigenvalue weighted by molar-refractivity contribution is 5.91. The van der Waals surface area contributed by atoms with Gasteiger partial charge in [0.2, 0.25) is 5.91 Å². The van der Waals surface area contributed by atoms with Crippen molar-refractivity contribution in [2.24, 2.45) is 0 Å². The first-order valence-corrected chi connectivity index (χ1v) is 11.8. The van der Waals surface area contributed by atoms with E-state index in [-0.39, 0.29) is 17.7 Å². The monoisotopic (exact) mass is 471 g/mol. The molecule has 180 valence electrons. The Morgan fingerprint density at radius 1 is 0.914 bits per heavy atom. The lowest BCUT2D eigenvalue weighted by Gasteiger charge is -2.34. The van der Waals surface area contributed by atoms with Crippen LogP contribution in [0.4, 0.5) is 5.69 Å². The molecular weight excluding hydrogens is 442 g/mol. The van der Waals surface area contributed by atoms with Gasteiger partial charge in [-0.15, -0.1) is 0 Å². The van der Waals surface area contributed by atoms with Crippen molar-refractivity contribution in [3.8, 4) is 0 Å². The molecule has 0 aliphatic carbocycles. The van der Waals surface area contributed by atoms with E-state index in [0.717, 1.165) is 30.8 Å². The molecule has 4 rings (SSSR count). The number of nitrogens with zero attached hydrogens (tertiary/aromatic N) is 3. The first-order chi connectivity index (χ1) is 17.1. The molecule has 0 atom stereocenters. The summed E-state index contributed by atoms with van der Waals surface area (Å²) in [5.74, 6) is -0.0828. The third kappa shape index (κ3) is 6.85. The van der Waals surface area contributed by atoms with Crippen molar-refractivity contribution in [1.82, 2.24) is 9.80 Å². The fourth-order valence-electron chi connectivity index (χ4n) is 4.15. The Morgan fingerprint density at radius 2 is 1.54 bits per heavy atom. The smallest absolute Gasteiger partial charge is 0.270 e. The van der Waals surface area contributed by atoms with Crippen molar-refractivity contribution in [2.75, 3.05) is 39.3 Å². The summed E-state index contributed by atoms with van der Waals surface area (Å²) in [5, 5.41) is 10.9. The van der Waals surface area contributed by atoms with Crippen molar-refractivity contribution in [1.29, 1.82) is 0 Å². The maximum atomic E-state index is 12.6. The first-order valence-electron chi connectivity index (χ1n) is 11.8. The van der Waals surface area contributed by atoms with Gasteiger partial charge in [0.1, 0.15) is 6.10 Å². The lowest BCUT2D eigenvalue weighted by atomic mass is 10.0. The van der Waals surface area contributed by atoms with Crippen molar-refractivity contribution < 1.29 is 14.5 Å². The maximum Gasteiger partial charge on any atom is 0.270 e.